The van der Waals surface area contributed by atoms with Crippen LogP contribution in [0.15, 0.2) is 0 Å². The molecule has 0 aromatic rings. The number of hydrogen-bond donors (Lipinski definition) is 5. The highest BCUT2D eigenvalue weighted by Crippen LogP contribution is 2.17. The van der Waals surface area contributed by atoms with Gasteiger partial charge in [-0.05, 0) is 0 Å². The number of aliphatic hydroxyl groups excluding tert-OH is 4. The van der Waals surface area contributed by atoms with Crippen molar-refractivity contribution < 1.29 is 20.4 Å². The summed E-state index contributed by atoms with van der Waals surface area (Å²) in [6.45, 7) is -0.577. The Hall–Kier alpha value is 0.540. The fourth-order valence-electron chi connectivity index (χ4n) is 0.360. The van der Waals surface area contributed by atoms with Crippen LogP contribution in [-0.4, -0.2) is 44.7 Å². The predicted octanol–water partition coefficient (Wildman–Crippen LogP) is -1.40. The van der Waals surface area contributed by atoms with E-state index < -0.39 is 24.3 Å². The maximum Gasteiger partial charge on any atom is 0.137 e. The van der Waals surface area contributed by atoms with Crippen molar-refractivity contribution in [2.45, 2.75) is 17.6 Å². The molecule has 0 radical (unpaired) electrons. The zero-order valence-electron chi connectivity index (χ0n) is 5.08. The minimum absolute atomic E-state index is 0.577. The van der Waals surface area contributed by atoms with Crippen molar-refractivity contribution in [3.63, 3.8) is 0 Å². The lowest BCUT2D eigenvalue weighted by Gasteiger charge is -2.18. The first kappa shape index (κ1) is 10.5. The highest BCUT2D eigenvalue weighted by molar-refractivity contribution is 8.68. The molecular formula is C4H10O4S2. The monoisotopic (exact) mass is 186 g/mol. The van der Waals surface area contributed by atoms with Gasteiger partial charge in [-0.3, -0.25) is 0 Å². The van der Waals surface area contributed by atoms with E-state index >= 15 is 0 Å². The molecule has 0 heterocycles. The van der Waals surface area contributed by atoms with Gasteiger partial charge in [0.25, 0.3) is 0 Å². The summed E-state index contributed by atoms with van der Waals surface area (Å²) < 4.78 is 0. The summed E-state index contributed by atoms with van der Waals surface area (Å²) in [5, 5.41) is 34.7. The molecule has 0 rings (SSSR count). The van der Waals surface area contributed by atoms with Crippen LogP contribution < -0.4 is 0 Å². The summed E-state index contributed by atoms with van der Waals surface area (Å²) in [5.74, 6) is 0. The maximum absolute atomic E-state index is 8.86. The lowest BCUT2D eigenvalue weighted by Crippen LogP contribution is -2.37. The van der Waals surface area contributed by atoms with Gasteiger partial charge in [-0.15, -0.1) is 11.7 Å². The van der Waals surface area contributed by atoms with Crippen LogP contribution in [-0.2, 0) is 0 Å². The number of hydrogen-bond acceptors (Lipinski definition) is 6. The molecule has 10 heavy (non-hydrogen) atoms. The van der Waals surface area contributed by atoms with Gasteiger partial charge in [0, 0.05) is 0 Å². The molecule has 0 saturated heterocycles. The van der Waals surface area contributed by atoms with Gasteiger partial charge >= 0.3 is 0 Å². The number of aliphatic hydroxyl groups is 4. The molecule has 4 nitrogen and oxygen atoms in total. The third-order valence-corrected chi connectivity index (χ3v) is 2.12. The number of thiol groups is 1. The Kier molecular flexibility index (Phi) is 5.51. The van der Waals surface area contributed by atoms with E-state index in [0.29, 0.717) is 10.8 Å². The van der Waals surface area contributed by atoms with Gasteiger partial charge < -0.3 is 20.4 Å². The zero-order chi connectivity index (χ0) is 8.15. The molecule has 0 aliphatic rings. The summed E-state index contributed by atoms with van der Waals surface area (Å²) in [4.78, 5) is 0. The standard InChI is InChI=1S/C4H10O4S2/c5-1-2(6)3(7)4(8)10-9/h2-9H,1H2/t2-,3-,4?/m1/s1. The van der Waals surface area contributed by atoms with Crippen molar-refractivity contribution in [2.24, 2.45) is 0 Å². The van der Waals surface area contributed by atoms with Gasteiger partial charge in [-0.2, -0.15) is 0 Å². The summed E-state index contributed by atoms with van der Waals surface area (Å²) in [7, 11) is 0.705. The van der Waals surface area contributed by atoms with Gasteiger partial charge in [0.15, 0.2) is 0 Å². The minimum Gasteiger partial charge on any atom is -0.394 e. The second-order valence-corrected chi connectivity index (χ2v) is 3.06. The zero-order valence-corrected chi connectivity index (χ0v) is 6.79. The Morgan fingerprint density at radius 2 is 1.80 bits per heavy atom. The van der Waals surface area contributed by atoms with Gasteiger partial charge in [0.2, 0.25) is 0 Å². The first-order valence-corrected chi connectivity index (χ1v) is 4.52. The summed E-state index contributed by atoms with van der Waals surface area (Å²) in [5.41, 5.74) is -1.18. The van der Waals surface area contributed by atoms with Crippen LogP contribution >= 0.6 is 22.5 Å². The van der Waals surface area contributed by atoms with Crippen LogP contribution in [0.3, 0.4) is 0 Å². The summed E-state index contributed by atoms with van der Waals surface area (Å²) in [6, 6.07) is 0. The van der Waals surface area contributed by atoms with Crippen LogP contribution in [0.4, 0.5) is 0 Å². The molecule has 6 heteroatoms. The predicted molar refractivity (Wildman–Crippen MR) is 41.7 cm³/mol. The quantitative estimate of drug-likeness (QED) is 0.212. The molecule has 0 aromatic carbocycles. The van der Waals surface area contributed by atoms with Crippen LogP contribution in [0.1, 0.15) is 0 Å². The molecule has 0 aliphatic heterocycles. The molecule has 0 spiro atoms. The molecule has 62 valence electrons. The molecule has 1 unspecified atom stereocenters. The van der Waals surface area contributed by atoms with Gasteiger partial charge in [-0.1, -0.05) is 10.8 Å². The van der Waals surface area contributed by atoms with Crippen LogP contribution in [0.5, 0.6) is 0 Å². The fourth-order valence-corrected chi connectivity index (χ4v) is 1.04. The van der Waals surface area contributed by atoms with Crippen molar-refractivity contribution in [2.75, 3.05) is 6.61 Å². The summed E-state index contributed by atoms with van der Waals surface area (Å²) in [6.07, 6.45) is -2.66. The third-order valence-electron chi connectivity index (χ3n) is 0.981. The van der Waals surface area contributed by atoms with E-state index in [4.69, 9.17) is 20.4 Å². The molecule has 3 atom stereocenters. The Balaban J connectivity index is 3.69. The maximum atomic E-state index is 8.86. The summed E-state index contributed by atoms with van der Waals surface area (Å²) >= 11 is 3.60. The van der Waals surface area contributed by atoms with E-state index in [-0.39, 0.29) is 0 Å². The van der Waals surface area contributed by atoms with Crippen molar-refractivity contribution in [3.8, 4) is 0 Å². The second-order valence-electron chi connectivity index (χ2n) is 1.74. The van der Waals surface area contributed by atoms with E-state index in [1.54, 1.807) is 0 Å². The van der Waals surface area contributed by atoms with E-state index in [1.165, 1.54) is 0 Å². The Bertz CT molecular complexity index is 81.3. The molecule has 0 aliphatic carbocycles. The van der Waals surface area contributed by atoms with Crippen molar-refractivity contribution >= 4 is 22.5 Å². The van der Waals surface area contributed by atoms with Crippen LogP contribution in [0.2, 0.25) is 0 Å². The molecular weight excluding hydrogens is 176 g/mol. The van der Waals surface area contributed by atoms with Crippen molar-refractivity contribution in [1.82, 2.24) is 0 Å². The lowest BCUT2D eigenvalue weighted by molar-refractivity contribution is -0.0487. The average Bonchev–Trinajstić information content (AvgIpc) is 2.00. The highest BCUT2D eigenvalue weighted by atomic mass is 33.1. The van der Waals surface area contributed by atoms with Gasteiger partial charge in [-0.25, -0.2) is 0 Å². The Labute approximate surface area is 67.7 Å². The first-order valence-electron chi connectivity index (χ1n) is 2.58. The largest absolute Gasteiger partial charge is 0.394 e. The molecule has 0 bridgehead atoms. The average molecular weight is 186 g/mol. The van der Waals surface area contributed by atoms with Crippen LogP contribution in [0.25, 0.3) is 0 Å². The third kappa shape index (κ3) is 3.09. The molecule has 0 fully saturated rings. The Morgan fingerprint density at radius 1 is 1.30 bits per heavy atom. The van der Waals surface area contributed by atoms with E-state index in [2.05, 4.69) is 11.7 Å². The van der Waals surface area contributed by atoms with Crippen LogP contribution in [0, 0.1) is 0 Å². The van der Waals surface area contributed by atoms with Crippen molar-refractivity contribution in [1.29, 1.82) is 0 Å². The molecule has 0 amide bonds. The lowest BCUT2D eigenvalue weighted by atomic mass is 10.2. The number of rotatable bonds is 4. The second kappa shape index (κ2) is 5.22. The fraction of sp³-hybridized carbons (Fsp3) is 1.00. The van der Waals surface area contributed by atoms with Gasteiger partial charge in [0.05, 0.1) is 6.61 Å². The minimum atomic E-state index is -1.35. The first-order chi connectivity index (χ1) is 4.63. The van der Waals surface area contributed by atoms with E-state index in [9.17, 15) is 0 Å². The molecule has 0 saturated carbocycles. The SMILES string of the molecule is OC[C@@H](O)[C@@H](O)C(O)SS. The van der Waals surface area contributed by atoms with Crippen molar-refractivity contribution in [3.05, 3.63) is 0 Å². The normalized spacial score (nSPS) is 20.1. The molecule has 0 aromatic heterocycles. The van der Waals surface area contributed by atoms with E-state index in [0.717, 1.165) is 0 Å². The van der Waals surface area contributed by atoms with Gasteiger partial charge in [0.1, 0.15) is 17.6 Å². The topological polar surface area (TPSA) is 80.9 Å². The highest BCUT2D eigenvalue weighted by Gasteiger charge is 2.23. The van der Waals surface area contributed by atoms with E-state index in [1.807, 2.05) is 0 Å². The molecule has 4 N–H and O–H groups in total. The smallest absolute Gasteiger partial charge is 0.137 e. The Morgan fingerprint density at radius 3 is 2.10 bits per heavy atom.